The number of anilines is 1. The molecular weight excluding hydrogens is 478 g/mol. The molecule has 0 saturated carbocycles. The quantitative estimate of drug-likeness (QED) is 0.378. The fourth-order valence-electron chi connectivity index (χ4n) is 5.13. The van der Waals surface area contributed by atoms with Crippen molar-refractivity contribution >= 4 is 28.4 Å². The summed E-state index contributed by atoms with van der Waals surface area (Å²) in [5, 5.41) is 7.79. The Labute approximate surface area is 224 Å². The van der Waals surface area contributed by atoms with Crippen molar-refractivity contribution in [3.05, 3.63) is 71.9 Å². The predicted molar refractivity (Wildman–Crippen MR) is 150 cm³/mol. The summed E-state index contributed by atoms with van der Waals surface area (Å²) >= 11 is 0. The molecule has 0 radical (unpaired) electrons. The first-order valence-corrected chi connectivity index (χ1v) is 13.4. The van der Waals surface area contributed by atoms with Crippen LogP contribution in [0.5, 0.6) is 0 Å². The Morgan fingerprint density at radius 3 is 2.55 bits per heavy atom. The summed E-state index contributed by atoms with van der Waals surface area (Å²) in [5.74, 6) is 0.0187. The molecule has 3 aromatic rings. The van der Waals surface area contributed by atoms with Gasteiger partial charge in [-0.05, 0) is 62.3 Å². The summed E-state index contributed by atoms with van der Waals surface area (Å²) in [4.78, 5) is 32.9. The van der Waals surface area contributed by atoms with E-state index >= 15 is 0 Å². The largest absolute Gasteiger partial charge is 0.383 e. The Morgan fingerprint density at radius 1 is 1.08 bits per heavy atom. The number of aromatic nitrogens is 1. The highest BCUT2D eigenvalue weighted by molar-refractivity contribution is 5.91. The van der Waals surface area contributed by atoms with Gasteiger partial charge in [0.2, 0.25) is 11.8 Å². The fraction of sp³-hybridized carbons (Fsp3) is 0.433. The van der Waals surface area contributed by atoms with Gasteiger partial charge in [-0.2, -0.15) is 0 Å². The van der Waals surface area contributed by atoms with Crippen molar-refractivity contribution in [3.63, 3.8) is 0 Å². The Kier molecular flexibility index (Phi) is 9.31. The number of nitrogen functional groups attached to an aromatic ring is 1. The van der Waals surface area contributed by atoms with Crippen LogP contribution in [0.4, 0.5) is 5.82 Å². The zero-order valence-electron chi connectivity index (χ0n) is 22.5. The van der Waals surface area contributed by atoms with E-state index < -0.39 is 12.1 Å². The van der Waals surface area contributed by atoms with Crippen LogP contribution in [-0.2, 0) is 27.5 Å². The van der Waals surface area contributed by atoms with Gasteiger partial charge in [-0.25, -0.2) is 4.98 Å². The van der Waals surface area contributed by atoms with E-state index in [2.05, 4.69) is 34.4 Å². The Balaban J connectivity index is 1.43. The molecule has 0 aliphatic carbocycles. The SMILES string of the molecule is CC(OCc1ccccc1)C(NC(=O)CN1[C@H](C)CCC[C@@H]1C)C(=O)NCc1ccc2c(N)nccc2c1. The number of pyridine rings is 1. The smallest absolute Gasteiger partial charge is 0.245 e. The van der Waals surface area contributed by atoms with Gasteiger partial charge in [-0.3, -0.25) is 14.5 Å². The molecule has 1 saturated heterocycles. The monoisotopic (exact) mass is 517 g/mol. The van der Waals surface area contributed by atoms with Crippen LogP contribution >= 0.6 is 0 Å². The van der Waals surface area contributed by atoms with Crippen molar-refractivity contribution in [2.45, 2.75) is 77.4 Å². The second-order valence-electron chi connectivity index (χ2n) is 10.3. The van der Waals surface area contributed by atoms with E-state index in [4.69, 9.17) is 10.5 Å². The summed E-state index contributed by atoms with van der Waals surface area (Å²) < 4.78 is 6.06. The zero-order chi connectivity index (χ0) is 27.1. The molecule has 2 amide bonds. The van der Waals surface area contributed by atoms with Crippen molar-refractivity contribution in [3.8, 4) is 0 Å². The molecule has 0 spiro atoms. The summed E-state index contributed by atoms with van der Waals surface area (Å²) in [6.45, 7) is 7.07. The maximum atomic E-state index is 13.4. The summed E-state index contributed by atoms with van der Waals surface area (Å²) in [5.41, 5.74) is 7.90. The average Bonchev–Trinajstić information content (AvgIpc) is 2.92. The number of benzene rings is 2. The van der Waals surface area contributed by atoms with Crippen LogP contribution in [-0.4, -0.2) is 52.5 Å². The van der Waals surface area contributed by atoms with Gasteiger partial charge in [0.15, 0.2) is 0 Å². The van der Waals surface area contributed by atoms with Gasteiger partial charge in [0, 0.05) is 30.2 Å². The Morgan fingerprint density at radius 2 is 1.82 bits per heavy atom. The van der Waals surface area contributed by atoms with Gasteiger partial charge in [0.05, 0.1) is 19.3 Å². The lowest BCUT2D eigenvalue weighted by Crippen LogP contribution is -2.56. The molecule has 8 nitrogen and oxygen atoms in total. The first-order chi connectivity index (χ1) is 18.3. The van der Waals surface area contributed by atoms with E-state index in [9.17, 15) is 9.59 Å². The van der Waals surface area contributed by atoms with Crippen LogP contribution in [0.2, 0.25) is 0 Å². The van der Waals surface area contributed by atoms with Gasteiger partial charge < -0.3 is 21.1 Å². The number of amides is 2. The third-order valence-corrected chi connectivity index (χ3v) is 7.45. The number of nitrogens with two attached hydrogens (primary N) is 1. The third kappa shape index (κ3) is 7.08. The molecule has 1 aliphatic heterocycles. The van der Waals surface area contributed by atoms with Gasteiger partial charge in [-0.1, -0.05) is 48.9 Å². The highest BCUT2D eigenvalue weighted by atomic mass is 16.5. The average molecular weight is 518 g/mol. The highest BCUT2D eigenvalue weighted by Crippen LogP contribution is 2.22. The molecule has 38 heavy (non-hydrogen) atoms. The molecule has 202 valence electrons. The summed E-state index contributed by atoms with van der Waals surface area (Å²) in [6.07, 6.45) is 4.46. The van der Waals surface area contributed by atoms with Crippen LogP contribution in [0.3, 0.4) is 0 Å². The lowest BCUT2D eigenvalue weighted by atomic mass is 9.97. The number of nitrogens with zero attached hydrogens (tertiary/aromatic N) is 2. The number of piperidine rings is 1. The van der Waals surface area contributed by atoms with E-state index in [0.29, 0.717) is 31.1 Å². The molecule has 1 aliphatic rings. The van der Waals surface area contributed by atoms with E-state index in [1.54, 1.807) is 6.20 Å². The molecule has 2 aromatic carbocycles. The number of nitrogens with one attached hydrogen (secondary N) is 2. The molecule has 1 aromatic heterocycles. The first-order valence-electron chi connectivity index (χ1n) is 13.4. The number of hydrogen-bond acceptors (Lipinski definition) is 6. The summed E-state index contributed by atoms with van der Waals surface area (Å²) in [7, 11) is 0. The summed E-state index contributed by atoms with van der Waals surface area (Å²) in [6, 6.07) is 17.3. The van der Waals surface area contributed by atoms with Crippen molar-refractivity contribution in [1.29, 1.82) is 0 Å². The number of rotatable bonds is 10. The minimum absolute atomic E-state index is 0.172. The molecular formula is C30H39N5O3. The molecule has 1 fully saturated rings. The Hall–Kier alpha value is -3.49. The van der Waals surface area contributed by atoms with Crippen molar-refractivity contribution in [1.82, 2.24) is 20.5 Å². The van der Waals surface area contributed by atoms with Gasteiger partial charge in [0.25, 0.3) is 0 Å². The van der Waals surface area contributed by atoms with Gasteiger partial charge in [0.1, 0.15) is 11.9 Å². The van der Waals surface area contributed by atoms with Crippen LogP contribution in [0, 0.1) is 0 Å². The number of likely N-dealkylation sites (tertiary alicyclic amines) is 1. The van der Waals surface area contributed by atoms with E-state index in [-0.39, 0.29) is 18.4 Å². The minimum Gasteiger partial charge on any atom is -0.383 e. The van der Waals surface area contributed by atoms with Crippen LogP contribution < -0.4 is 16.4 Å². The molecule has 4 rings (SSSR count). The van der Waals surface area contributed by atoms with Crippen molar-refractivity contribution < 1.29 is 14.3 Å². The maximum Gasteiger partial charge on any atom is 0.245 e. The lowest BCUT2D eigenvalue weighted by Gasteiger charge is -2.38. The maximum absolute atomic E-state index is 13.4. The van der Waals surface area contributed by atoms with Crippen molar-refractivity contribution in [2.75, 3.05) is 12.3 Å². The fourth-order valence-corrected chi connectivity index (χ4v) is 5.13. The van der Waals surface area contributed by atoms with Crippen LogP contribution in [0.1, 0.15) is 51.2 Å². The normalized spacial score (nSPS) is 19.6. The molecule has 2 unspecified atom stereocenters. The second kappa shape index (κ2) is 12.8. The van der Waals surface area contributed by atoms with Crippen LogP contribution in [0.15, 0.2) is 60.8 Å². The zero-order valence-corrected chi connectivity index (χ0v) is 22.5. The highest BCUT2D eigenvalue weighted by Gasteiger charge is 2.31. The third-order valence-electron chi connectivity index (χ3n) is 7.45. The molecule has 0 bridgehead atoms. The molecule has 2 heterocycles. The van der Waals surface area contributed by atoms with Gasteiger partial charge >= 0.3 is 0 Å². The number of ether oxygens (including phenoxy) is 1. The molecule has 4 atom stereocenters. The van der Waals surface area contributed by atoms with Crippen molar-refractivity contribution in [2.24, 2.45) is 0 Å². The minimum atomic E-state index is -0.832. The number of fused-ring (bicyclic) bond motifs is 1. The lowest BCUT2D eigenvalue weighted by molar-refractivity contribution is -0.134. The second-order valence-corrected chi connectivity index (χ2v) is 10.3. The van der Waals surface area contributed by atoms with E-state index in [1.807, 2.05) is 61.5 Å². The number of carbonyl (C=O) groups is 2. The van der Waals surface area contributed by atoms with Gasteiger partial charge in [-0.15, -0.1) is 0 Å². The molecule has 4 N–H and O–H groups in total. The first kappa shape index (κ1) is 27.5. The number of hydrogen-bond donors (Lipinski definition) is 3. The standard InChI is InChI=1S/C30H39N5O3/c1-20-8-7-9-21(2)35(20)18-27(36)34-28(22(3)38-19-23-10-5-4-6-11-23)30(37)33-17-24-12-13-26-25(16-24)14-15-32-29(26)31/h4-6,10-16,20-22,28H,7-9,17-19H2,1-3H3,(H2,31,32)(H,33,37)(H,34,36)/t20-,21+,22?,28?. The predicted octanol–water partition coefficient (Wildman–Crippen LogP) is 3.79. The Bertz CT molecular complexity index is 1230. The molecule has 8 heteroatoms. The van der Waals surface area contributed by atoms with E-state index in [1.165, 1.54) is 6.42 Å². The number of carbonyl (C=O) groups excluding carboxylic acids is 2. The topological polar surface area (TPSA) is 110 Å². The van der Waals surface area contributed by atoms with E-state index in [0.717, 1.165) is 34.7 Å². The van der Waals surface area contributed by atoms with Crippen LogP contribution in [0.25, 0.3) is 10.8 Å².